The highest BCUT2D eigenvalue weighted by Crippen LogP contribution is 2.29. The molecule has 32 heavy (non-hydrogen) atoms. The smallest absolute Gasteiger partial charge is 0.270 e. The van der Waals surface area contributed by atoms with Crippen molar-refractivity contribution in [1.29, 1.82) is 0 Å². The molecular weight excluding hydrogens is 457 g/mol. The lowest BCUT2D eigenvalue weighted by atomic mass is 10.0. The second kappa shape index (κ2) is 9.30. The molecule has 1 aromatic heterocycles. The van der Waals surface area contributed by atoms with E-state index in [2.05, 4.69) is 10.5 Å². The Morgan fingerprint density at radius 1 is 1.19 bits per heavy atom. The van der Waals surface area contributed by atoms with Gasteiger partial charge in [-0.05, 0) is 55.7 Å². The molecule has 170 valence electrons. The van der Waals surface area contributed by atoms with Crippen LogP contribution in [-0.4, -0.2) is 26.0 Å². The minimum atomic E-state index is -4.18. The number of sulfonamides is 1. The molecule has 0 radical (unpaired) electrons. The minimum Gasteiger partial charge on any atom is -0.360 e. The highest BCUT2D eigenvalue weighted by molar-refractivity contribution is 7.93. The summed E-state index contributed by atoms with van der Waals surface area (Å²) in [6, 6.07) is 10.6. The average molecular weight is 480 g/mol. The van der Waals surface area contributed by atoms with E-state index < -0.39 is 28.3 Å². The summed E-state index contributed by atoms with van der Waals surface area (Å²) in [5.41, 5.74) is 1.76. The van der Waals surface area contributed by atoms with Gasteiger partial charge in [0.15, 0.2) is 10.7 Å². The van der Waals surface area contributed by atoms with Crippen LogP contribution in [0.15, 0.2) is 51.9 Å². The van der Waals surface area contributed by atoms with Crippen LogP contribution in [0.25, 0.3) is 0 Å². The van der Waals surface area contributed by atoms with Crippen LogP contribution in [0.5, 0.6) is 0 Å². The van der Waals surface area contributed by atoms with Gasteiger partial charge in [0.05, 0.1) is 10.7 Å². The van der Waals surface area contributed by atoms with Crippen LogP contribution in [0.2, 0.25) is 5.02 Å². The van der Waals surface area contributed by atoms with Crippen molar-refractivity contribution in [2.45, 2.75) is 38.5 Å². The van der Waals surface area contributed by atoms with Crippen LogP contribution in [0.1, 0.15) is 36.8 Å². The lowest BCUT2D eigenvalue weighted by Crippen LogP contribution is -2.38. The Labute approximate surface area is 191 Å². The number of halogens is 2. The Morgan fingerprint density at radius 3 is 2.38 bits per heavy atom. The molecule has 0 saturated carbocycles. The second-order valence-corrected chi connectivity index (χ2v) is 9.79. The summed E-state index contributed by atoms with van der Waals surface area (Å²) in [5.74, 6) is -0.881. The van der Waals surface area contributed by atoms with Crippen molar-refractivity contribution in [1.82, 2.24) is 5.16 Å². The van der Waals surface area contributed by atoms with Gasteiger partial charge in [-0.15, -0.1) is 0 Å². The van der Waals surface area contributed by atoms with Crippen LogP contribution in [0.4, 0.5) is 15.8 Å². The number of aromatic nitrogens is 1. The molecule has 0 aliphatic carbocycles. The molecule has 0 unspecified atom stereocenters. The maximum atomic E-state index is 13.5. The zero-order valence-corrected chi connectivity index (χ0v) is 19.6. The number of benzene rings is 2. The fourth-order valence-corrected chi connectivity index (χ4v) is 5.10. The molecule has 3 rings (SSSR count). The van der Waals surface area contributed by atoms with Crippen molar-refractivity contribution in [3.63, 3.8) is 0 Å². The van der Waals surface area contributed by atoms with Gasteiger partial charge in [-0.2, -0.15) is 0 Å². The zero-order chi connectivity index (χ0) is 23.6. The van der Waals surface area contributed by atoms with Crippen LogP contribution in [-0.2, 0) is 14.8 Å². The summed E-state index contributed by atoms with van der Waals surface area (Å²) in [6.07, 6.45) is 0. The number of aryl methyl sites for hydroxylation is 2. The molecule has 0 saturated heterocycles. The molecule has 0 aliphatic heterocycles. The van der Waals surface area contributed by atoms with Gasteiger partial charge in [0, 0.05) is 5.69 Å². The third kappa shape index (κ3) is 4.94. The maximum Gasteiger partial charge on any atom is 0.270 e. The van der Waals surface area contributed by atoms with Crippen LogP contribution >= 0.6 is 11.6 Å². The fraction of sp³-hybridized carbons (Fsp3) is 0.273. The summed E-state index contributed by atoms with van der Waals surface area (Å²) >= 11 is 5.76. The monoisotopic (exact) mass is 479 g/mol. The molecule has 0 aliphatic rings. The lowest BCUT2D eigenvalue weighted by Gasteiger charge is -2.24. The summed E-state index contributed by atoms with van der Waals surface area (Å²) in [6.45, 7) is 6.53. The summed E-state index contributed by atoms with van der Waals surface area (Å²) in [7, 11) is -4.18. The standard InChI is InChI=1S/C22H23ClFN3O4S/c1-13(2)16-5-8-18(9-6-16)27(32(29,30)22-14(3)26-31-15(22)4)12-21(28)25-17-7-10-20(24)19(23)11-17/h5-11,13H,12H2,1-4H3,(H,25,28). The predicted octanol–water partition coefficient (Wildman–Crippen LogP) is 5.04. The predicted molar refractivity (Wildman–Crippen MR) is 121 cm³/mol. The Balaban J connectivity index is 1.98. The van der Waals surface area contributed by atoms with Gasteiger partial charge in [0.1, 0.15) is 18.1 Å². The number of hydrogen-bond donors (Lipinski definition) is 1. The molecule has 0 fully saturated rings. The van der Waals surface area contributed by atoms with E-state index in [9.17, 15) is 17.6 Å². The fourth-order valence-electron chi connectivity index (χ4n) is 3.20. The number of carbonyl (C=O) groups is 1. The minimum absolute atomic E-state index is 0.0944. The SMILES string of the molecule is Cc1noc(C)c1S(=O)(=O)N(CC(=O)Nc1ccc(F)c(Cl)c1)c1ccc(C(C)C)cc1. The highest BCUT2D eigenvalue weighted by Gasteiger charge is 2.33. The number of carbonyl (C=O) groups excluding carboxylic acids is 1. The lowest BCUT2D eigenvalue weighted by molar-refractivity contribution is -0.114. The molecule has 0 spiro atoms. The van der Waals surface area contributed by atoms with E-state index in [0.717, 1.165) is 15.9 Å². The first kappa shape index (κ1) is 23.7. The number of nitrogens with one attached hydrogen (secondary N) is 1. The number of rotatable bonds is 7. The van der Waals surface area contributed by atoms with Gasteiger partial charge in [-0.25, -0.2) is 12.8 Å². The van der Waals surface area contributed by atoms with Crippen molar-refractivity contribution in [3.05, 3.63) is 70.3 Å². The normalized spacial score (nSPS) is 11.6. The summed E-state index contributed by atoms with van der Waals surface area (Å²) < 4.78 is 46.5. The third-order valence-electron chi connectivity index (χ3n) is 4.85. The highest BCUT2D eigenvalue weighted by atomic mass is 35.5. The Morgan fingerprint density at radius 2 is 1.84 bits per heavy atom. The van der Waals surface area contributed by atoms with Crippen molar-refractivity contribution < 1.29 is 22.1 Å². The van der Waals surface area contributed by atoms with E-state index in [1.807, 2.05) is 26.0 Å². The Bertz CT molecular complexity index is 1220. The molecule has 7 nitrogen and oxygen atoms in total. The van der Waals surface area contributed by atoms with E-state index in [4.69, 9.17) is 16.1 Å². The van der Waals surface area contributed by atoms with E-state index in [0.29, 0.717) is 5.69 Å². The molecule has 0 bridgehead atoms. The molecule has 3 aromatic rings. The first-order valence-corrected chi connectivity index (χ1v) is 11.6. The van der Waals surface area contributed by atoms with Crippen molar-refractivity contribution in [2.24, 2.45) is 0 Å². The molecule has 1 heterocycles. The number of anilines is 2. The van der Waals surface area contributed by atoms with Gasteiger partial charge in [0.2, 0.25) is 5.91 Å². The Hall–Kier alpha value is -2.91. The van der Waals surface area contributed by atoms with Crippen molar-refractivity contribution in [3.8, 4) is 0 Å². The van der Waals surface area contributed by atoms with Gasteiger partial charge in [-0.3, -0.25) is 9.10 Å². The first-order chi connectivity index (χ1) is 15.0. The molecule has 2 aromatic carbocycles. The van der Waals surface area contributed by atoms with Gasteiger partial charge in [-0.1, -0.05) is 42.7 Å². The number of nitrogens with zero attached hydrogens (tertiary/aromatic N) is 2. The van der Waals surface area contributed by atoms with Crippen LogP contribution < -0.4 is 9.62 Å². The van der Waals surface area contributed by atoms with E-state index in [-0.39, 0.29) is 33.0 Å². The molecule has 10 heteroatoms. The van der Waals surface area contributed by atoms with Crippen LogP contribution in [0.3, 0.4) is 0 Å². The second-order valence-electron chi connectivity index (χ2n) is 7.59. The molecule has 1 N–H and O–H groups in total. The first-order valence-electron chi connectivity index (χ1n) is 9.81. The van der Waals surface area contributed by atoms with Crippen molar-refractivity contribution >= 4 is 38.9 Å². The van der Waals surface area contributed by atoms with Crippen molar-refractivity contribution in [2.75, 3.05) is 16.2 Å². The van der Waals surface area contributed by atoms with Crippen LogP contribution in [0, 0.1) is 19.7 Å². The van der Waals surface area contributed by atoms with E-state index >= 15 is 0 Å². The topological polar surface area (TPSA) is 92.5 Å². The molecule has 1 amide bonds. The van der Waals surface area contributed by atoms with Gasteiger partial charge < -0.3 is 9.84 Å². The largest absolute Gasteiger partial charge is 0.360 e. The van der Waals surface area contributed by atoms with E-state index in [1.165, 1.54) is 26.0 Å². The average Bonchev–Trinajstić information content (AvgIpc) is 3.07. The quantitative estimate of drug-likeness (QED) is 0.512. The number of hydrogen-bond acceptors (Lipinski definition) is 5. The summed E-state index contributed by atoms with van der Waals surface area (Å²) in [4.78, 5) is 12.7. The van der Waals surface area contributed by atoms with Gasteiger partial charge >= 0.3 is 0 Å². The summed E-state index contributed by atoms with van der Waals surface area (Å²) in [5, 5.41) is 6.12. The zero-order valence-electron chi connectivity index (χ0n) is 18.0. The molecular formula is C22H23ClFN3O4S. The van der Waals surface area contributed by atoms with E-state index in [1.54, 1.807) is 12.1 Å². The third-order valence-corrected chi connectivity index (χ3v) is 7.16. The number of amides is 1. The molecule has 0 atom stereocenters. The van der Waals surface area contributed by atoms with Gasteiger partial charge in [0.25, 0.3) is 10.0 Å². The Kier molecular flexibility index (Phi) is 6.90. The maximum absolute atomic E-state index is 13.5.